The van der Waals surface area contributed by atoms with E-state index >= 15 is 0 Å². The molecule has 0 nitrogen and oxygen atoms in total. The third-order valence-electron chi connectivity index (χ3n) is 2.94. The molecule has 0 saturated heterocycles. The van der Waals surface area contributed by atoms with Crippen molar-refractivity contribution < 1.29 is 0 Å². The van der Waals surface area contributed by atoms with Gasteiger partial charge in [-0.25, -0.2) is 0 Å². The molecule has 0 fully saturated rings. The van der Waals surface area contributed by atoms with E-state index in [9.17, 15) is 0 Å². The second-order valence-corrected chi connectivity index (χ2v) is 5.07. The van der Waals surface area contributed by atoms with Gasteiger partial charge in [-0.15, -0.1) is 0 Å². The zero-order chi connectivity index (χ0) is 12.9. The second kappa shape index (κ2) is 5.67. The van der Waals surface area contributed by atoms with Crippen LogP contribution in [0.15, 0.2) is 60.7 Å². The normalized spacial score (nSPS) is 13.1. The largest absolute Gasteiger partial charge is 0.0991 e. The van der Waals surface area contributed by atoms with Crippen molar-refractivity contribution in [2.24, 2.45) is 0 Å². The third kappa shape index (κ3) is 4.07. The number of hydrogen-bond acceptors (Lipinski definition) is 0. The highest BCUT2D eigenvalue weighted by molar-refractivity contribution is 5.33. The molecule has 1 aromatic rings. The summed E-state index contributed by atoms with van der Waals surface area (Å²) >= 11 is 0. The van der Waals surface area contributed by atoms with Crippen LogP contribution in [0.3, 0.4) is 0 Å². The van der Waals surface area contributed by atoms with Gasteiger partial charge in [-0.1, -0.05) is 80.1 Å². The standard InChI is InChI=1S/C17H22/c1-6-7-14(2)12-13-17(4,5)16-10-8-15(3)9-11-16/h6-13H,1H2,2-5H3/b13-12-,14-7-. The Labute approximate surface area is 105 Å². The van der Waals surface area contributed by atoms with Crippen molar-refractivity contribution in [3.05, 3.63) is 71.8 Å². The number of aryl methyl sites for hydroxylation is 1. The molecule has 0 aliphatic carbocycles. The summed E-state index contributed by atoms with van der Waals surface area (Å²) in [6.07, 6.45) is 8.23. The summed E-state index contributed by atoms with van der Waals surface area (Å²) in [5.74, 6) is 0. The van der Waals surface area contributed by atoms with E-state index in [1.165, 1.54) is 16.7 Å². The van der Waals surface area contributed by atoms with E-state index in [0.717, 1.165) is 0 Å². The summed E-state index contributed by atoms with van der Waals surface area (Å²) in [6, 6.07) is 8.73. The topological polar surface area (TPSA) is 0 Å². The molecule has 0 N–H and O–H groups in total. The average Bonchev–Trinajstić information content (AvgIpc) is 2.28. The summed E-state index contributed by atoms with van der Waals surface area (Å²) in [5, 5.41) is 0. The molecular weight excluding hydrogens is 204 g/mol. The smallest absolute Gasteiger partial charge is 0.00785 e. The quantitative estimate of drug-likeness (QED) is 0.636. The van der Waals surface area contributed by atoms with Gasteiger partial charge in [0.1, 0.15) is 0 Å². The molecule has 0 saturated carbocycles. The van der Waals surface area contributed by atoms with Gasteiger partial charge in [-0.05, 0) is 19.4 Å². The van der Waals surface area contributed by atoms with Crippen molar-refractivity contribution in [2.75, 3.05) is 0 Å². The molecule has 90 valence electrons. The first-order chi connectivity index (χ1) is 7.95. The molecule has 1 rings (SSSR count). The number of allylic oxidation sites excluding steroid dienone is 5. The van der Waals surface area contributed by atoms with Crippen LogP contribution in [0.1, 0.15) is 31.9 Å². The second-order valence-electron chi connectivity index (χ2n) is 5.07. The minimum absolute atomic E-state index is 0.0595. The molecule has 0 unspecified atom stereocenters. The fraction of sp³-hybridized carbons (Fsp3) is 0.294. The lowest BCUT2D eigenvalue weighted by atomic mass is 9.83. The zero-order valence-electron chi connectivity index (χ0n) is 11.3. The van der Waals surface area contributed by atoms with Gasteiger partial charge < -0.3 is 0 Å². The summed E-state index contributed by atoms with van der Waals surface area (Å²) in [7, 11) is 0. The van der Waals surface area contributed by atoms with Crippen molar-refractivity contribution in [1.82, 2.24) is 0 Å². The Morgan fingerprint density at radius 3 is 2.29 bits per heavy atom. The Bertz CT molecular complexity index is 428. The SMILES string of the molecule is C=C/C=C(C)\C=C/C(C)(C)c1ccc(C)cc1. The molecular formula is C17H22. The molecule has 0 amide bonds. The minimum atomic E-state index is 0.0595. The summed E-state index contributed by atoms with van der Waals surface area (Å²) < 4.78 is 0. The maximum Gasteiger partial charge on any atom is 0.00785 e. The lowest BCUT2D eigenvalue weighted by Crippen LogP contribution is -2.13. The van der Waals surface area contributed by atoms with Gasteiger partial charge in [0.2, 0.25) is 0 Å². The number of rotatable bonds is 4. The first-order valence-electron chi connectivity index (χ1n) is 6.01. The average molecular weight is 226 g/mol. The van der Waals surface area contributed by atoms with E-state index in [4.69, 9.17) is 0 Å². The highest BCUT2D eigenvalue weighted by Gasteiger charge is 2.15. The molecule has 0 heterocycles. The molecule has 0 radical (unpaired) electrons. The first-order valence-corrected chi connectivity index (χ1v) is 6.01. The Hall–Kier alpha value is -1.56. The summed E-state index contributed by atoms with van der Waals surface area (Å²) in [5.41, 5.74) is 3.92. The monoisotopic (exact) mass is 226 g/mol. The third-order valence-corrected chi connectivity index (χ3v) is 2.94. The zero-order valence-corrected chi connectivity index (χ0v) is 11.3. The van der Waals surface area contributed by atoms with Crippen molar-refractivity contribution in [3.8, 4) is 0 Å². The fourth-order valence-corrected chi connectivity index (χ4v) is 1.66. The predicted octanol–water partition coefficient (Wildman–Crippen LogP) is 4.96. The first kappa shape index (κ1) is 13.5. The van der Waals surface area contributed by atoms with E-state index in [-0.39, 0.29) is 5.41 Å². The van der Waals surface area contributed by atoms with Crippen LogP contribution in [0.25, 0.3) is 0 Å². The van der Waals surface area contributed by atoms with E-state index in [1.807, 2.05) is 12.2 Å². The Morgan fingerprint density at radius 2 is 1.76 bits per heavy atom. The van der Waals surface area contributed by atoms with E-state index in [2.05, 4.69) is 70.7 Å². The van der Waals surface area contributed by atoms with Crippen molar-refractivity contribution >= 4 is 0 Å². The summed E-state index contributed by atoms with van der Waals surface area (Å²) in [4.78, 5) is 0. The van der Waals surface area contributed by atoms with E-state index < -0.39 is 0 Å². The molecule has 0 heteroatoms. The minimum Gasteiger partial charge on any atom is -0.0991 e. The van der Waals surface area contributed by atoms with Crippen molar-refractivity contribution in [3.63, 3.8) is 0 Å². The predicted molar refractivity (Wildman–Crippen MR) is 77.3 cm³/mol. The Kier molecular flexibility index (Phi) is 4.51. The van der Waals surface area contributed by atoms with Crippen LogP contribution in [-0.4, -0.2) is 0 Å². The van der Waals surface area contributed by atoms with Gasteiger partial charge >= 0.3 is 0 Å². The van der Waals surface area contributed by atoms with Crippen molar-refractivity contribution in [1.29, 1.82) is 0 Å². The molecule has 0 aliphatic rings. The number of benzene rings is 1. The molecule has 0 aromatic heterocycles. The van der Waals surface area contributed by atoms with Crippen LogP contribution in [0, 0.1) is 6.92 Å². The van der Waals surface area contributed by atoms with Crippen molar-refractivity contribution in [2.45, 2.75) is 33.1 Å². The van der Waals surface area contributed by atoms with Gasteiger partial charge in [0, 0.05) is 5.41 Å². The molecule has 0 bridgehead atoms. The molecule has 1 aromatic carbocycles. The molecule has 0 spiro atoms. The van der Waals surface area contributed by atoms with Crippen LogP contribution < -0.4 is 0 Å². The maximum atomic E-state index is 3.70. The van der Waals surface area contributed by atoms with Crippen LogP contribution in [0.5, 0.6) is 0 Å². The van der Waals surface area contributed by atoms with Gasteiger partial charge in [0.05, 0.1) is 0 Å². The van der Waals surface area contributed by atoms with Crippen LogP contribution in [-0.2, 0) is 5.41 Å². The van der Waals surface area contributed by atoms with E-state index in [0.29, 0.717) is 0 Å². The maximum absolute atomic E-state index is 3.70. The van der Waals surface area contributed by atoms with Crippen LogP contribution in [0.2, 0.25) is 0 Å². The lowest BCUT2D eigenvalue weighted by Gasteiger charge is -2.21. The van der Waals surface area contributed by atoms with Gasteiger partial charge in [-0.2, -0.15) is 0 Å². The highest BCUT2D eigenvalue weighted by atomic mass is 14.2. The number of hydrogen-bond donors (Lipinski definition) is 0. The Balaban J connectivity index is 2.91. The van der Waals surface area contributed by atoms with Crippen LogP contribution >= 0.6 is 0 Å². The van der Waals surface area contributed by atoms with Gasteiger partial charge in [0.25, 0.3) is 0 Å². The molecule has 17 heavy (non-hydrogen) atoms. The van der Waals surface area contributed by atoms with Gasteiger partial charge in [-0.3, -0.25) is 0 Å². The van der Waals surface area contributed by atoms with Crippen LogP contribution in [0.4, 0.5) is 0 Å². The highest BCUT2D eigenvalue weighted by Crippen LogP contribution is 2.25. The molecule has 0 atom stereocenters. The van der Waals surface area contributed by atoms with Gasteiger partial charge in [0.15, 0.2) is 0 Å². The molecule has 0 aliphatic heterocycles. The summed E-state index contributed by atoms with van der Waals surface area (Å²) in [6.45, 7) is 12.4. The fourth-order valence-electron chi connectivity index (χ4n) is 1.66. The van der Waals surface area contributed by atoms with E-state index in [1.54, 1.807) is 0 Å². The Morgan fingerprint density at radius 1 is 1.18 bits per heavy atom. The lowest BCUT2D eigenvalue weighted by molar-refractivity contribution is 0.669.